The minimum Gasteiger partial charge on any atom is -0.386 e. The van der Waals surface area contributed by atoms with E-state index in [-0.39, 0.29) is 124 Å². The number of anilines is 2. The molecule has 2 aromatic rings. The number of phosphoric ester groups is 4. The van der Waals surface area contributed by atoms with Gasteiger partial charge >= 0.3 is 42.7 Å². The minimum atomic E-state index is -5.25. The topological polar surface area (TPSA) is 770 Å². The van der Waals surface area contributed by atoms with Crippen LogP contribution < -0.4 is 54.7 Å². The van der Waals surface area contributed by atoms with E-state index in [1.54, 1.807) is 0 Å². The fraction of sp³-hybridized carbons (Fsp3) is 0.833. The highest BCUT2D eigenvalue weighted by molar-refractivity contribution is 7.47. The molecule has 2 aromatic heterocycles. The molecule has 0 spiro atoms. The predicted molar refractivity (Wildman–Crippen MR) is 504 cm³/mol. The van der Waals surface area contributed by atoms with Gasteiger partial charge in [0.15, 0.2) is 12.5 Å². The van der Waals surface area contributed by atoms with E-state index in [0.717, 1.165) is 60.5 Å². The Morgan fingerprint density at radius 3 is 0.882 bits per heavy atom. The van der Waals surface area contributed by atoms with Gasteiger partial charge in [-0.05, 0) is 63.2 Å². The van der Waals surface area contributed by atoms with Crippen LogP contribution in [0, 0.1) is 11.8 Å². The van der Waals surface area contributed by atoms with Crippen molar-refractivity contribution in [1.29, 1.82) is 0 Å². The van der Waals surface area contributed by atoms with E-state index >= 15 is 0 Å². The third kappa shape index (κ3) is 60.6. The molecule has 2 unspecified atom stereocenters. The van der Waals surface area contributed by atoms with Gasteiger partial charge in [-0.15, -0.1) is 0 Å². The molecule has 6 rings (SSSR count). The Balaban J connectivity index is 0.000000536. The molecule has 0 aromatic carbocycles. The number of nitrogen functional groups attached to an aromatic ring is 2. The number of nitrogens with one attached hydrogen (secondary N) is 6. The monoisotopic (exact) mass is 2160 g/mol. The van der Waals surface area contributed by atoms with Crippen LogP contribution in [0.4, 0.5) is 11.6 Å². The van der Waals surface area contributed by atoms with Crippen molar-refractivity contribution in [3.63, 3.8) is 0 Å². The summed E-state index contributed by atoms with van der Waals surface area (Å²) in [5.41, 5.74) is 10.4. The lowest BCUT2D eigenvalue weighted by Crippen LogP contribution is -2.38. The standard InChI is InChI=1S/C50H92N6O26P2.C34H60N6O18P2/c1-39-36-45(59)54-41(39)7-3-2-4-8-43(57)53-11-13-69-15-17-71-19-21-73-23-25-75-27-29-77-31-33-79-35-34-78-32-30-76-28-26-74-24-22-72-20-18-70-16-14-68-12-9-44(58)52-10-5-6-40-37-56(50(61)55-48(40)51)49-46(60)47(82-84(65,66)67)42(81-49)38-80-83(62,63)64;1-23-20-29(43)38-25(23)7-3-2-4-8-27(41)37-11-13-53-15-17-55-19-18-54-16-14-52-12-9-28(42)36-10-5-6-24-21-40(34(45)39-32(24)35)33-30(44)31(58-60(49,50)51)26(57-33)22-56-59(46,47)48/h37,39,41-42,46-47,49,60H,2-36,38H2,1H3,(H,52,58)(H,53,57)(H,54,59)(H2,51,55,61)(H2,62,63,64)(H2,65,66,67);21,23,25-26,30-31,33,44H,2-20,22H2,1H3,(H,36,42)(H,37,41)(H,38,43)(H2,35,39,45)(H2,46,47,48)(H2,49,50,51)/t39-,41-,42-,46?,47+,49-;23-,25-,26-,30?,31+,33-/m11/s1. The summed E-state index contributed by atoms with van der Waals surface area (Å²) in [7, 11) is -20.6. The van der Waals surface area contributed by atoms with Crippen LogP contribution in [0.1, 0.15) is 140 Å². The fourth-order valence-corrected chi connectivity index (χ4v) is 16.3. The number of carbonyl (C=O) groups excluding carboxylic acids is 6. The molecule has 144 heavy (non-hydrogen) atoms. The average molecular weight is 2160 g/mol. The lowest BCUT2D eigenvalue weighted by molar-refractivity contribution is -0.123. The Morgan fingerprint density at radius 2 is 0.625 bits per heavy atom. The van der Waals surface area contributed by atoms with Crippen molar-refractivity contribution in [2.45, 2.75) is 191 Å². The molecule has 20 N–H and O–H groups in total. The highest BCUT2D eigenvalue weighted by Crippen LogP contribution is 2.47. The van der Waals surface area contributed by atoms with Gasteiger partial charge in [-0.2, -0.15) is 9.97 Å². The zero-order valence-electron chi connectivity index (χ0n) is 81.8. The predicted octanol–water partition coefficient (Wildman–Crippen LogP) is -2.33. The van der Waals surface area contributed by atoms with E-state index in [4.69, 9.17) is 116 Å². The van der Waals surface area contributed by atoms with Crippen molar-refractivity contribution >= 4 is 78.4 Å². The zero-order valence-corrected chi connectivity index (χ0v) is 85.3. The van der Waals surface area contributed by atoms with E-state index in [2.05, 4.69) is 73.8 Å². The van der Waals surface area contributed by atoms with Crippen LogP contribution in [-0.2, 0) is 163 Å². The summed E-state index contributed by atoms with van der Waals surface area (Å²) < 4.78 is 163. The third-order valence-electron chi connectivity index (χ3n) is 21.7. The highest BCUT2D eigenvalue weighted by Gasteiger charge is 2.51. The quantitative estimate of drug-likeness (QED) is 0.0244. The first kappa shape index (κ1) is 128. The minimum absolute atomic E-state index is 0.00417. The number of aryl methyl sites for hydroxylation is 2. The average Bonchev–Trinajstić information content (AvgIpc) is 1.63. The number of unbranched alkanes of at least 4 members (excludes halogenated alkanes) is 4. The molecule has 12 atom stereocenters. The normalized spacial score (nSPS) is 20.3. The molecule has 4 fully saturated rings. The summed E-state index contributed by atoms with van der Waals surface area (Å²) >= 11 is 0. The Morgan fingerprint density at radius 1 is 0.368 bits per heavy atom. The van der Waals surface area contributed by atoms with Crippen LogP contribution in [0.3, 0.4) is 0 Å². The molecule has 4 saturated heterocycles. The molecule has 60 heteroatoms. The number of aliphatic hydroxyl groups is 2. The summed E-state index contributed by atoms with van der Waals surface area (Å²) in [6.45, 7) is 15.9. The van der Waals surface area contributed by atoms with Gasteiger partial charge in [-0.25, -0.2) is 27.8 Å². The number of hydrogen-bond donors (Lipinski definition) is 18. The van der Waals surface area contributed by atoms with Gasteiger partial charge in [0.1, 0.15) is 48.3 Å². The lowest BCUT2D eigenvalue weighted by Gasteiger charge is -2.21. The number of nitrogens with zero attached hydrogens (tertiary/aromatic N) is 4. The fourth-order valence-electron chi connectivity index (χ4n) is 14.4. The summed E-state index contributed by atoms with van der Waals surface area (Å²) in [5.74, 6) is 0.202. The number of phosphoric acid groups is 4. The SMILES string of the molecule is C[C@@H]1CC(=O)N[C@@H]1CCCCCC(=O)NCCOCCOCCOCCOCCC(=O)NCCCc1cn([C@@H]2O[C@H](COP(=O)(O)O)[C@H](OP(=O)(O)O)C2O)c(=O)nc1N.C[C@@H]1CC(=O)N[C@@H]1CCCCCC(=O)NCCOCCOCCOCCOCCOCCOCCOCCOCCOCCOCCOCCOCCC(=O)NCCCc1cn([C@@H]2O[C@H](COP(=O)(O)O)[C@H](OP(=O)(O)O)C2O)c(=O)nc1N. The molecule has 56 nitrogen and oxygen atoms in total. The smallest absolute Gasteiger partial charge is 0.386 e. The van der Waals surface area contributed by atoms with Crippen LogP contribution >= 0.6 is 31.3 Å². The highest BCUT2D eigenvalue weighted by atomic mass is 31.2. The second kappa shape index (κ2) is 74.7. The second-order valence-electron chi connectivity index (χ2n) is 33.3. The largest absolute Gasteiger partial charge is 0.470 e. The van der Waals surface area contributed by atoms with Crippen molar-refractivity contribution in [3.05, 3.63) is 44.5 Å². The van der Waals surface area contributed by atoms with Gasteiger partial charge in [0.25, 0.3) is 0 Å². The van der Waals surface area contributed by atoms with Crippen LogP contribution in [0.15, 0.2) is 22.0 Å². The first-order valence-electron chi connectivity index (χ1n) is 48.1. The van der Waals surface area contributed by atoms with Crippen LogP contribution in [0.2, 0.25) is 0 Å². The number of nitrogens with two attached hydrogens (primary N) is 2. The summed E-state index contributed by atoms with van der Waals surface area (Å²) in [6, 6.07) is 0.526. The molecular weight excluding hydrogens is 2000 g/mol. The zero-order chi connectivity index (χ0) is 105. The molecule has 0 radical (unpaired) electrons. The van der Waals surface area contributed by atoms with Gasteiger partial charge < -0.3 is 178 Å². The molecule has 0 bridgehead atoms. The van der Waals surface area contributed by atoms with Crippen LogP contribution in [-0.4, -0.2) is 403 Å². The number of rotatable bonds is 86. The van der Waals surface area contributed by atoms with Gasteiger partial charge in [-0.1, -0.05) is 39.5 Å². The number of ether oxygens (including phenoxy) is 18. The van der Waals surface area contributed by atoms with Gasteiger partial charge in [0.2, 0.25) is 35.4 Å². The molecule has 4 aliphatic rings. The summed E-state index contributed by atoms with van der Waals surface area (Å²) in [5, 5.41) is 38.7. The number of aliphatic hydroxyl groups excluding tert-OH is 2. The van der Waals surface area contributed by atoms with Crippen molar-refractivity contribution in [3.8, 4) is 0 Å². The van der Waals surface area contributed by atoms with Gasteiger partial charge in [0, 0.05) is 100 Å². The maximum absolute atomic E-state index is 12.7. The third-order valence-corrected chi connectivity index (χ3v) is 23.7. The van der Waals surface area contributed by atoms with Crippen LogP contribution in [0.25, 0.3) is 0 Å². The van der Waals surface area contributed by atoms with E-state index in [1.165, 1.54) is 12.4 Å². The molecule has 6 heterocycles. The van der Waals surface area contributed by atoms with E-state index in [1.807, 2.05) is 0 Å². The summed E-state index contributed by atoms with van der Waals surface area (Å²) in [6.07, 6.45) is -0.734. The van der Waals surface area contributed by atoms with Crippen molar-refractivity contribution in [1.82, 2.24) is 51.0 Å². The van der Waals surface area contributed by atoms with Crippen molar-refractivity contribution in [2.75, 3.05) is 262 Å². The Hall–Kier alpha value is -6.18. The number of carbonyl (C=O) groups is 6. The number of hydrogen-bond acceptors (Lipinski definition) is 40. The molecule has 0 saturated carbocycles. The summed E-state index contributed by atoms with van der Waals surface area (Å²) in [4.78, 5) is 177. The second-order valence-corrected chi connectivity index (χ2v) is 38.2. The molecule has 0 aliphatic carbocycles. The number of amides is 6. The van der Waals surface area contributed by atoms with E-state index < -0.39 is 105 Å². The lowest BCUT2D eigenvalue weighted by atomic mass is 9.97. The first-order chi connectivity index (χ1) is 68.9. The van der Waals surface area contributed by atoms with Crippen LogP contribution in [0.5, 0.6) is 0 Å². The maximum atomic E-state index is 12.7. The molecule has 4 aliphatic heterocycles. The molecule has 6 amide bonds. The van der Waals surface area contributed by atoms with Crippen molar-refractivity contribution < 1.29 is 200 Å². The maximum Gasteiger partial charge on any atom is 0.470 e. The van der Waals surface area contributed by atoms with Crippen molar-refractivity contribution in [2.24, 2.45) is 11.8 Å². The molecule has 832 valence electrons. The first-order valence-corrected chi connectivity index (χ1v) is 54.2. The van der Waals surface area contributed by atoms with E-state index in [9.17, 15) is 86.4 Å². The Labute approximate surface area is 834 Å². The molecular formula is C84H152N12O44P4. The Kier molecular flexibility index (Phi) is 66.5. The Bertz CT molecular complexity index is 4240. The van der Waals surface area contributed by atoms with Gasteiger partial charge in [-0.3, -0.25) is 56.0 Å². The number of aromatic nitrogens is 4. The van der Waals surface area contributed by atoms with Gasteiger partial charge in [0.05, 0.1) is 225 Å². The van der Waals surface area contributed by atoms with E-state index in [0.29, 0.717) is 260 Å².